The van der Waals surface area contributed by atoms with E-state index in [1.165, 1.54) is 0 Å². The van der Waals surface area contributed by atoms with Crippen LogP contribution in [-0.4, -0.2) is 74.4 Å². The molecule has 8 nitrogen and oxygen atoms in total. The van der Waals surface area contributed by atoms with Gasteiger partial charge in [0.25, 0.3) is 0 Å². The Bertz CT molecular complexity index is 1420. The fourth-order valence-electron chi connectivity index (χ4n) is 5.29. The lowest BCUT2D eigenvalue weighted by Crippen LogP contribution is -2.48. The van der Waals surface area contributed by atoms with Crippen LogP contribution in [-0.2, 0) is 14.3 Å². The van der Waals surface area contributed by atoms with Gasteiger partial charge < -0.3 is 24.7 Å². The maximum Gasteiger partial charge on any atom is 0.250 e. The van der Waals surface area contributed by atoms with Crippen LogP contribution in [0.3, 0.4) is 0 Å². The molecule has 1 amide bonds. The first kappa shape index (κ1) is 26.5. The third-order valence-electron chi connectivity index (χ3n) is 7.29. The van der Waals surface area contributed by atoms with Crippen LogP contribution in [0.1, 0.15) is 13.3 Å². The smallest absolute Gasteiger partial charge is 0.250 e. The summed E-state index contributed by atoms with van der Waals surface area (Å²) in [5, 5.41) is 3.15. The minimum Gasteiger partial charge on any atom is -0.379 e. The molecule has 39 heavy (non-hydrogen) atoms. The minimum absolute atomic E-state index is 0.0274. The maximum absolute atomic E-state index is 13.1. The van der Waals surface area contributed by atoms with Crippen molar-refractivity contribution in [2.24, 2.45) is 0 Å². The van der Waals surface area contributed by atoms with Crippen molar-refractivity contribution < 1.29 is 14.3 Å². The molecule has 3 aromatic rings. The molecule has 0 spiro atoms. The monoisotopic (exact) mass is 564 g/mol. The highest BCUT2D eigenvalue weighted by atomic mass is 32.2. The van der Waals surface area contributed by atoms with Crippen LogP contribution < -0.4 is 15.8 Å². The Morgan fingerprint density at radius 2 is 1.72 bits per heavy atom. The lowest BCUT2D eigenvalue weighted by molar-refractivity contribution is -0.123. The molecule has 10 heteroatoms. The van der Waals surface area contributed by atoms with Crippen molar-refractivity contribution in [1.82, 2.24) is 9.88 Å². The standard InChI is InChI=1S/C29H32N4O4S2/c1-2-23(33-10-14-37-15-11-33)29(35)30-19-6-7-24-26(16-19)38-25-5-3-4-21(28(25)39-24)22-17-20(18-27(34)31-22)32-8-12-36-13-9-32/h3-7,16-18,23H,2,8-15H2,1H3,(H,30,35)(H,31,34). The molecule has 2 saturated heterocycles. The first-order valence-electron chi connectivity index (χ1n) is 13.4. The summed E-state index contributed by atoms with van der Waals surface area (Å²) in [7, 11) is 0. The second-order valence-electron chi connectivity index (χ2n) is 9.78. The first-order chi connectivity index (χ1) is 19.1. The number of H-pyrrole nitrogens is 1. The molecule has 2 aromatic carbocycles. The number of amides is 1. The van der Waals surface area contributed by atoms with Gasteiger partial charge >= 0.3 is 0 Å². The van der Waals surface area contributed by atoms with E-state index in [2.05, 4.69) is 57.4 Å². The summed E-state index contributed by atoms with van der Waals surface area (Å²) in [6, 6.07) is 15.9. The van der Waals surface area contributed by atoms with E-state index >= 15 is 0 Å². The molecule has 0 radical (unpaired) electrons. The number of aromatic amines is 1. The number of hydrogen-bond donors (Lipinski definition) is 2. The fourth-order valence-corrected chi connectivity index (χ4v) is 7.71. The molecule has 2 N–H and O–H groups in total. The van der Waals surface area contributed by atoms with Gasteiger partial charge in [-0.1, -0.05) is 42.6 Å². The average molecular weight is 565 g/mol. The minimum atomic E-state index is -0.161. The van der Waals surface area contributed by atoms with Crippen molar-refractivity contribution in [3.63, 3.8) is 0 Å². The van der Waals surface area contributed by atoms with E-state index in [-0.39, 0.29) is 17.5 Å². The molecule has 6 rings (SSSR count). The number of benzene rings is 2. The molecular weight excluding hydrogens is 532 g/mol. The lowest BCUT2D eigenvalue weighted by Gasteiger charge is -2.33. The molecule has 204 valence electrons. The van der Waals surface area contributed by atoms with E-state index in [1.807, 2.05) is 12.1 Å². The summed E-state index contributed by atoms with van der Waals surface area (Å²) < 4.78 is 10.9. The Morgan fingerprint density at radius 1 is 0.949 bits per heavy atom. The summed E-state index contributed by atoms with van der Waals surface area (Å²) in [6.07, 6.45) is 0.756. The molecule has 0 saturated carbocycles. The molecule has 1 unspecified atom stereocenters. The van der Waals surface area contributed by atoms with Crippen LogP contribution in [0, 0.1) is 0 Å². The number of hydrogen-bond acceptors (Lipinski definition) is 8. The number of nitrogens with one attached hydrogen (secondary N) is 2. The zero-order valence-corrected chi connectivity index (χ0v) is 23.5. The third-order valence-corrected chi connectivity index (χ3v) is 9.89. The van der Waals surface area contributed by atoms with Gasteiger partial charge in [-0.15, -0.1) is 0 Å². The first-order valence-corrected chi connectivity index (χ1v) is 15.0. The number of anilines is 2. The van der Waals surface area contributed by atoms with Gasteiger partial charge in [0, 0.05) is 68.8 Å². The fraction of sp³-hybridized carbons (Fsp3) is 0.379. The number of carbonyl (C=O) groups excluding carboxylic acids is 1. The highest BCUT2D eigenvalue weighted by Crippen LogP contribution is 2.52. The highest BCUT2D eigenvalue weighted by molar-refractivity contribution is 8.05. The number of morpholine rings is 2. The lowest BCUT2D eigenvalue weighted by atomic mass is 10.1. The Balaban J connectivity index is 1.23. The quantitative estimate of drug-likeness (QED) is 0.353. The molecule has 2 fully saturated rings. The van der Waals surface area contributed by atoms with Crippen LogP contribution in [0.4, 0.5) is 11.4 Å². The largest absolute Gasteiger partial charge is 0.379 e. The Kier molecular flexibility index (Phi) is 7.99. The van der Waals surface area contributed by atoms with E-state index in [4.69, 9.17) is 9.47 Å². The molecule has 3 aliphatic rings. The Labute approximate surface area is 236 Å². The van der Waals surface area contributed by atoms with Gasteiger partial charge in [0.2, 0.25) is 11.5 Å². The summed E-state index contributed by atoms with van der Waals surface area (Å²) in [5.41, 5.74) is 3.45. The summed E-state index contributed by atoms with van der Waals surface area (Å²) in [6.45, 7) is 7.84. The maximum atomic E-state index is 13.1. The number of aromatic nitrogens is 1. The molecule has 0 bridgehead atoms. The van der Waals surface area contributed by atoms with E-state index in [9.17, 15) is 9.59 Å². The van der Waals surface area contributed by atoms with Gasteiger partial charge in [-0.25, -0.2) is 0 Å². The zero-order valence-electron chi connectivity index (χ0n) is 21.9. The zero-order chi connectivity index (χ0) is 26.8. The molecule has 1 atom stereocenters. The molecule has 3 aliphatic heterocycles. The van der Waals surface area contributed by atoms with Crippen molar-refractivity contribution in [3.8, 4) is 11.3 Å². The molecule has 1 aromatic heterocycles. The number of fused-ring (bicyclic) bond motifs is 2. The second-order valence-corrected chi connectivity index (χ2v) is 11.9. The van der Waals surface area contributed by atoms with Crippen molar-refractivity contribution in [2.45, 2.75) is 39.0 Å². The molecular formula is C29H32N4O4S2. The van der Waals surface area contributed by atoms with Crippen molar-refractivity contribution in [3.05, 3.63) is 58.9 Å². The van der Waals surface area contributed by atoms with Crippen LogP contribution in [0.5, 0.6) is 0 Å². The van der Waals surface area contributed by atoms with Gasteiger partial charge in [-0.2, -0.15) is 0 Å². The van der Waals surface area contributed by atoms with Gasteiger partial charge in [0.15, 0.2) is 0 Å². The van der Waals surface area contributed by atoms with Crippen LogP contribution in [0.15, 0.2) is 72.9 Å². The number of pyridine rings is 1. The van der Waals surface area contributed by atoms with Gasteiger partial charge in [0.1, 0.15) is 0 Å². The summed E-state index contributed by atoms with van der Waals surface area (Å²) in [4.78, 5) is 37.7. The molecule has 4 heterocycles. The normalized spacial score (nSPS) is 18.2. The third kappa shape index (κ3) is 5.76. The van der Waals surface area contributed by atoms with Gasteiger partial charge in [-0.05, 0) is 36.8 Å². The second kappa shape index (κ2) is 11.8. The van der Waals surface area contributed by atoms with Crippen LogP contribution in [0.2, 0.25) is 0 Å². The SMILES string of the molecule is CCC(C(=O)Nc1ccc2c(c1)Sc1cccc(-c3cc(N4CCOCC4)cc(=O)[nH]3)c1S2)N1CCOCC1. The van der Waals surface area contributed by atoms with Crippen LogP contribution >= 0.6 is 23.5 Å². The van der Waals surface area contributed by atoms with E-state index in [0.29, 0.717) is 26.4 Å². The molecule has 0 aliphatic carbocycles. The Morgan fingerprint density at radius 3 is 2.49 bits per heavy atom. The van der Waals surface area contributed by atoms with E-state index < -0.39 is 0 Å². The summed E-state index contributed by atoms with van der Waals surface area (Å²) in [5.74, 6) is 0.0274. The average Bonchev–Trinajstić information content (AvgIpc) is 2.97. The number of carbonyl (C=O) groups is 1. The van der Waals surface area contributed by atoms with Crippen molar-refractivity contribution in [1.29, 1.82) is 0 Å². The van der Waals surface area contributed by atoms with E-state index in [1.54, 1.807) is 29.6 Å². The Hall–Kier alpha value is -2.76. The van der Waals surface area contributed by atoms with Gasteiger partial charge in [0.05, 0.1) is 38.2 Å². The topological polar surface area (TPSA) is 86.9 Å². The van der Waals surface area contributed by atoms with Crippen LogP contribution in [0.25, 0.3) is 11.3 Å². The predicted octanol–water partition coefficient (Wildman–Crippen LogP) is 4.54. The predicted molar refractivity (Wildman–Crippen MR) is 155 cm³/mol. The highest BCUT2D eigenvalue weighted by Gasteiger charge is 2.27. The number of nitrogens with zero attached hydrogens (tertiary/aromatic N) is 2. The van der Waals surface area contributed by atoms with Crippen molar-refractivity contribution >= 4 is 40.8 Å². The van der Waals surface area contributed by atoms with Crippen molar-refractivity contribution in [2.75, 3.05) is 62.8 Å². The number of rotatable bonds is 6. The van der Waals surface area contributed by atoms with Gasteiger partial charge in [-0.3, -0.25) is 14.5 Å². The summed E-state index contributed by atoms with van der Waals surface area (Å²) >= 11 is 3.39. The van der Waals surface area contributed by atoms with E-state index in [0.717, 1.165) is 74.8 Å². The number of ether oxygens (including phenoxy) is 2.